The minimum Gasteiger partial charge on any atom is -1.00 e. The number of esters is 2. The molecule has 0 saturated carbocycles. The third-order valence-corrected chi connectivity index (χ3v) is 3.67. The predicted octanol–water partition coefficient (Wildman–Crippen LogP) is -2.60. The zero-order chi connectivity index (χ0) is 17.5. The number of carboxylic acids is 1. The van der Waals surface area contributed by atoms with Gasteiger partial charge >= 0.3 is 77.0 Å². The van der Waals surface area contributed by atoms with E-state index >= 15 is 0 Å². The van der Waals surface area contributed by atoms with Crippen LogP contribution in [-0.2, 0) is 19.1 Å². The van der Waals surface area contributed by atoms with Crippen molar-refractivity contribution < 1.29 is 86.2 Å². The van der Waals surface area contributed by atoms with Crippen LogP contribution in [0.15, 0.2) is 0 Å². The molecule has 0 aromatic carbocycles. The second-order valence-electron chi connectivity index (χ2n) is 5.91. The Kier molecular flexibility index (Phi) is 25.3. The van der Waals surface area contributed by atoms with Crippen LogP contribution < -0.4 is 64.8 Å². The van der Waals surface area contributed by atoms with Gasteiger partial charge in [-0.05, 0) is 12.8 Å². The number of carbonyl (C=O) groups is 3. The van der Waals surface area contributed by atoms with Crippen LogP contribution in [0.5, 0.6) is 0 Å². The number of nitrogens with two attached hydrogens (primary N) is 1. The van der Waals surface area contributed by atoms with Crippen molar-refractivity contribution in [1.82, 2.24) is 0 Å². The summed E-state index contributed by atoms with van der Waals surface area (Å²) in [5.41, 5.74) is 5.47. The molecule has 0 heterocycles. The van der Waals surface area contributed by atoms with Crippen LogP contribution in [0.25, 0.3) is 0 Å². The number of hydrogen-bond donors (Lipinski definition) is 2. The van der Waals surface area contributed by atoms with Gasteiger partial charge in [-0.25, -0.2) is 4.79 Å². The second-order valence-corrected chi connectivity index (χ2v) is 5.91. The van der Waals surface area contributed by atoms with E-state index in [9.17, 15) is 14.4 Å². The van der Waals surface area contributed by atoms with E-state index in [0.29, 0.717) is 6.42 Å². The molecule has 25 heavy (non-hydrogen) atoms. The molecule has 1 atom stereocenters. The molecule has 0 radical (unpaired) electrons. The Labute approximate surface area is 198 Å². The molecule has 0 spiro atoms. The fourth-order valence-electron chi connectivity index (χ4n) is 2.22. The number of hydrogen-bond acceptors (Lipinski definition) is 5. The number of rotatable bonds is 14. The van der Waals surface area contributed by atoms with E-state index < -0.39 is 23.9 Å². The molecule has 0 aliphatic rings. The van der Waals surface area contributed by atoms with Gasteiger partial charge in [-0.15, -0.1) is 0 Å². The van der Waals surface area contributed by atoms with Crippen molar-refractivity contribution >= 4 is 17.9 Å². The maximum Gasteiger partial charge on any atom is 1.00 e. The smallest absolute Gasteiger partial charge is 1.00 e. The number of carbonyl (C=O) groups excluding carboxylic acids is 2. The third-order valence-electron chi connectivity index (χ3n) is 3.67. The molecular formula is C17H33NNa2O5. The quantitative estimate of drug-likeness (QED) is 0.149. The largest absolute Gasteiger partial charge is 1.00 e. The fraction of sp³-hybridized carbons (Fsp3) is 0.824. The van der Waals surface area contributed by atoms with Crippen molar-refractivity contribution in [2.75, 3.05) is 0 Å². The summed E-state index contributed by atoms with van der Waals surface area (Å²) in [7, 11) is 0. The summed E-state index contributed by atoms with van der Waals surface area (Å²) in [5.74, 6) is -2.45. The van der Waals surface area contributed by atoms with Gasteiger partial charge in [-0.2, -0.15) is 0 Å². The first kappa shape index (κ1) is 30.3. The van der Waals surface area contributed by atoms with E-state index in [1.165, 1.54) is 38.5 Å². The maximum absolute atomic E-state index is 11.5. The molecule has 0 aliphatic heterocycles. The van der Waals surface area contributed by atoms with Crippen LogP contribution >= 0.6 is 0 Å². The second kappa shape index (κ2) is 20.9. The molecule has 0 aromatic rings. The van der Waals surface area contributed by atoms with Gasteiger partial charge in [0.2, 0.25) is 0 Å². The van der Waals surface area contributed by atoms with Gasteiger partial charge in [0.15, 0.2) is 0 Å². The van der Waals surface area contributed by atoms with E-state index in [1.54, 1.807) is 0 Å². The average molecular weight is 377 g/mol. The van der Waals surface area contributed by atoms with E-state index in [2.05, 4.69) is 11.7 Å². The molecule has 3 N–H and O–H groups in total. The Balaban J connectivity index is -0.000000403. The van der Waals surface area contributed by atoms with E-state index in [1.807, 2.05) is 0 Å². The van der Waals surface area contributed by atoms with Crippen molar-refractivity contribution in [2.24, 2.45) is 5.73 Å². The predicted molar refractivity (Wildman–Crippen MR) is 90.0 cm³/mol. The molecule has 1 unspecified atom stereocenters. The molecule has 0 saturated heterocycles. The average Bonchev–Trinajstić information content (AvgIpc) is 2.50. The fourth-order valence-corrected chi connectivity index (χ4v) is 2.22. The Morgan fingerprint density at radius 3 is 1.88 bits per heavy atom. The number of aliphatic carboxylic acids is 1. The van der Waals surface area contributed by atoms with Gasteiger partial charge in [0.05, 0.1) is 0 Å². The summed E-state index contributed by atoms with van der Waals surface area (Å²) in [6, 6.07) is -1.06. The first-order valence-electron chi connectivity index (χ1n) is 8.69. The van der Waals surface area contributed by atoms with Crippen molar-refractivity contribution in [3.8, 4) is 0 Å². The Hall–Kier alpha value is 0.570. The summed E-state index contributed by atoms with van der Waals surface area (Å²) in [6.45, 7) is 2.20. The molecule has 0 fully saturated rings. The van der Waals surface area contributed by atoms with Crippen LogP contribution in [0.4, 0.5) is 0 Å². The first-order valence-corrected chi connectivity index (χ1v) is 8.69. The van der Waals surface area contributed by atoms with Crippen molar-refractivity contribution in [1.29, 1.82) is 0 Å². The van der Waals surface area contributed by atoms with Gasteiger partial charge in [-0.1, -0.05) is 58.3 Å². The summed E-state index contributed by atoms with van der Waals surface area (Å²) in [5, 5.41) is 8.50. The molecule has 8 heteroatoms. The van der Waals surface area contributed by atoms with Gasteiger partial charge in [-0.3, -0.25) is 9.59 Å². The zero-order valence-corrected chi connectivity index (χ0v) is 20.2. The Morgan fingerprint density at radius 2 is 1.40 bits per heavy atom. The minimum atomic E-state index is -1.06. The summed E-state index contributed by atoms with van der Waals surface area (Å²) in [6.07, 6.45) is 10.2. The van der Waals surface area contributed by atoms with E-state index in [-0.39, 0.29) is 81.2 Å². The molecule has 0 aromatic heterocycles. The zero-order valence-electron chi connectivity index (χ0n) is 18.2. The summed E-state index contributed by atoms with van der Waals surface area (Å²) >= 11 is 0. The topological polar surface area (TPSA) is 107 Å². The first-order chi connectivity index (χ1) is 11.0. The number of ether oxygens (including phenoxy) is 1. The number of unbranched alkanes of at least 4 members (excludes halogenated alkanes) is 8. The summed E-state index contributed by atoms with van der Waals surface area (Å²) in [4.78, 5) is 33.3. The van der Waals surface area contributed by atoms with Crippen molar-refractivity contribution in [3.63, 3.8) is 0 Å². The van der Waals surface area contributed by atoms with Gasteiger partial charge in [0.25, 0.3) is 0 Å². The van der Waals surface area contributed by atoms with Crippen molar-refractivity contribution in [3.05, 3.63) is 0 Å². The normalized spacial score (nSPS) is 11.0. The molecule has 6 nitrogen and oxygen atoms in total. The SMILES string of the molecule is CCCCCCCCCCCC(=O)OC(=O)C(N)CCC(=O)O.[H-].[H-].[Na+].[Na+]. The van der Waals surface area contributed by atoms with E-state index in [4.69, 9.17) is 10.8 Å². The van der Waals surface area contributed by atoms with Crippen LogP contribution in [0.3, 0.4) is 0 Å². The van der Waals surface area contributed by atoms with E-state index in [0.717, 1.165) is 12.8 Å². The molecule has 0 rings (SSSR count). The van der Waals surface area contributed by atoms with Crippen LogP contribution in [0.2, 0.25) is 0 Å². The summed E-state index contributed by atoms with van der Waals surface area (Å²) < 4.78 is 4.62. The van der Waals surface area contributed by atoms with Gasteiger partial charge < -0.3 is 18.4 Å². The number of carboxylic acid groups (broad SMARTS) is 1. The molecule has 0 amide bonds. The Bertz CT molecular complexity index is 377. The molecule has 0 aliphatic carbocycles. The van der Waals surface area contributed by atoms with Crippen LogP contribution in [0, 0.1) is 0 Å². The van der Waals surface area contributed by atoms with Gasteiger partial charge in [0.1, 0.15) is 6.04 Å². The monoisotopic (exact) mass is 377 g/mol. The Morgan fingerprint density at radius 1 is 0.920 bits per heavy atom. The van der Waals surface area contributed by atoms with Crippen LogP contribution in [-0.4, -0.2) is 29.1 Å². The van der Waals surface area contributed by atoms with Gasteiger partial charge in [0, 0.05) is 12.8 Å². The molecule has 138 valence electrons. The van der Waals surface area contributed by atoms with Crippen LogP contribution in [0.1, 0.15) is 86.8 Å². The molecule has 0 bridgehead atoms. The standard InChI is InChI=1S/C17H31NO5.2Na.2H/c1-2-3-4-5-6-7-8-9-10-11-16(21)23-17(22)14(18)12-13-15(19)20;;;;/h14H,2-13,18H2,1H3,(H,19,20);;;;/q;2*+1;2*-1. The van der Waals surface area contributed by atoms with Crippen molar-refractivity contribution in [2.45, 2.75) is 90.0 Å². The molecular weight excluding hydrogens is 344 g/mol. The maximum atomic E-state index is 11.5. The third kappa shape index (κ3) is 20.7. The minimum absolute atomic E-state index is 0.